The molecule has 0 radical (unpaired) electrons. The molecule has 2 atom stereocenters. The predicted octanol–water partition coefficient (Wildman–Crippen LogP) is 4.99. The van der Waals surface area contributed by atoms with Gasteiger partial charge in [-0.3, -0.25) is 4.90 Å². The van der Waals surface area contributed by atoms with Crippen LogP contribution in [0.3, 0.4) is 0 Å². The van der Waals surface area contributed by atoms with Crippen molar-refractivity contribution in [3.8, 4) is 0 Å². The number of rotatable bonds is 2. The first-order valence-electron chi connectivity index (χ1n) is 7.94. The average molecular weight is 393 g/mol. The molecule has 4 rings (SSSR count). The van der Waals surface area contributed by atoms with Gasteiger partial charge in [0.15, 0.2) is 0 Å². The van der Waals surface area contributed by atoms with Crippen LogP contribution in [0.25, 0.3) is 0 Å². The van der Waals surface area contributed by atoms with Crippen LogP contribution < -0.4 is 0 Å². The van der Waals surface area contributed by atoms with Crippen LogP contribution in [-0.4, -0.2) is 23.6 Å². The number of nitrogens with zero attached hydrogens (tertiary/aromatic N) is 1. The topological polar surface area (TPSA) is 12.5 Å². The zero-order valence-corrected chi connectivity index (χ0v) is 15.4. The van der Waals surface area contributed by atoms with Crippen molar-refractivity contribution in [2.24, 2.45) is 0 Å². The molecule has 2 aliphatic rings. The fourth-order valence-electron chi connectivity index (χ4n) is 3.92. The van der Waals surface area contributed by atoms with Gasteiger partial charge in [-0.1, -0.05) is 48.0 Å². The fourth-order valence-corrected chi connectivity index (χ4v) is 4.52. The van der Waals surface area contributed by atoms with E-state index >= 15 is 0 Å². The monoisotopic (exact) mass is 391 g/mol. The molecule has 1 fully saturated rings. The highest BCUT2D eigenvalue weighted by molar-refractivity contribution is 9.10. The Labute approximate surface area is 150 Å². The first-order chi connectivity index (χ1) is 11.1. The minimum Gasteiger partial charge on any atom is -0.369 e. The van der Waals surface area contributed by atoms with Gasteiger partial charge < -0.3 is 4.74 Å². The second-order valence-corrected chi connectivity index (χ2v) is 7.97. The molecule has 0 N–H and O–H groups in total. The van der Waals surface area contributed by atoms with Gasteiger partial charge in [0.25, 0.3) is 0 Å². The summed E-state index contributed by atoms with van der Waals surface area (Å²) in [6.07, 6.45) is 0. The van der Waals surface area contributed by atoms with Crippen molar-refractivity contribution in [3.05, 3.63) is 68.7 Å². The van der Waals surface area contributed by atoms with Crippen molar-refractivity contribution < 1.29 is 4.74 Å². The van der Waals surface area contributed by atoms with E-state index in [0.717, 1.165) is 34.7 Å². The molecule has 4 heteroatoms. The minimum atomic E-state index is -0.126. The van der Waals surface area contributed by atoms with E-state index in [2.05, 4.69) is 70.2 Å². The van der Waals surface area contributed by atoms with E-state index in [0.29, 0.717) is 12.5 Å². The molecule has 0 amide bonds. The van der Waals surface area contributed by atoms with E-state index in [1.165, 1.54) is 11.1 Å². The first kappa shape index (κ1) is 15.6. The van der Waals surface area contributed by atoms with Gasteiger partial charge in [0.1, 0.15) is 0 Å². The molecule has 0 aliphatic carbocycles. The quantitative estimate of drug-likeness (QED) is 0.714. The van der Waals surface area contributed by atoms with Crippen LogP contribution in [0.15, 0.2) is 46.9 Å². The summed E-state index contributed by atoms with van der Waals surface area (Å²) < 4.78 is 7.22. The Hall–Kier alpha value is -0.870. The summed E-state index contributed by atoms with van der Waals surface area (Å²) in [5.41, 5.74) is 3.72. The van der Waals surface area contributed by atoms with Gasteiger partial charge in [0.05, 0.1) is 17.2 Å². The summed E-state index contributed by atoms with van der Waals surface area (Å²) in [6.45, 7) is 5.77. The number of hydrogen-bond acceptors (Lipinski definition) is 2. The van der Waals surface area contributed by atoms with E-state index < -0.39 is 0 Å². The third kappa shape index (κ3) is 2.74. The van der Waals surface area contributed by atoms with Crippen LogP contribution in [0.2, 0.25) is 5.02 Å². The van der Waals surface area contributed by atoms with E-state index in [-0.39, 0.29) is 5.60 Å². The number of hydrogen-bond donors (Lipinski definition) is 0. The maximum Gasteiger partial charge on any atom is 0.0866 e. The van der Waals surface area contributed by atoms with Crippen molar-refractivity contribution in [3.63, 3.8) is 0 Å². The molecule has 1 saturated heterocycles. The molecule has 0 aromatic heterocycles. The minimum absolute atomic E-state index is 0.126. The molecule has 2 heterocycles. The van der Waals surface area contributed by atoms with Gasteiger partial charge in [-0.2, -0.15) is 0 Å². The van der Waals surface area contributed by atoms with Crippen LogP contribution >= 0.6 is 27.5 Å². The average Bonchev–Trinajstić information content (AvgIpc) is 2.88. The molecule has 120 valence electrons. The molecule has 2 aliphatic heterocycles. The summed E-state index contributed by atoms with van der Waals surface area (Å²) in [7, 11) is 0. The van der Waals surface area contributed by atoms with Gasteiger partial charge in [-0.25, -0.2) is 0 Å². The Balaban J connectivity index is 1.63. The van der Waals surface area contributed by atoms with Gasteiger partial charge in [0.2, 0.25) is 0 Å². The van der Waals surface area contributed by atoms with Crippen LogP contribution in [0.4, 0.5) is 0 Å². The summed E-state index contributed by atoms with van der Waals surface area (Å²) in [6, 6.07) is 14.9. The summed E-state index contributed by atoms with van der Waals surface area (Å²) in [5, 5.41) is 0.797. The molecule has 1 unspecified atom stereocenters. The molecule has 2 nitrogen and oxygen atoms in total. The lowest BCUT2D eigenvalue weighted by Gasteiger charge is -2.37. The number of benzene rings is 2. The second kappa shape index (κ2) is 5.89. The molecular weight excluding hydrogens is 374 g/mol. The first-order valence-corrected chi connectivity index (χ1v) is 9.11. The fraction of sp³-hybridized carbons (Fsp3) is 0.368. The third-order valence-electron chi connectivity index (χ3n) is 5.12. The molecule has 0 bridgehead atoms. The highest BCUT2D eigenvalue weighted by Gasteiger charge is 2.48. The van der Waals surface area contributed by atoms with Gasteiger partial charge >= 0.3 is 0 Å². The van der Waals surface area contributed by atoms with Crippen LogP contribution in [0.5, 0.6) is 0 Å². The van der Waals surface area contributed by atoms with Crippen molar-refractivity contribution in [2.45, 2.75) is 31.6 Å². The molecule has 0 saturated carbocycles. The molecular formula is C19H19BrClNO. The summed E-state index contributed by atoms with van der Waals surface area (Å²) >= 11 is 9.99. The Bertz CT molecular complexity index is 736. The van der Waals surface area contributed by atoms with Crippen molar-refractivity contribution in [1.82, 2.24) is 4.90 Å². The second-order valence-electron chi connectivity index (χ2n) is 6.74. The molecule has 23 heavy (non-hydrogen) atoms. The Kier molecular flexibility index (Phi) is 4.01. The Morgan fingerprint density at radius 2 is 2.04 bits per heavy atom. The van der Waals surface area contributed by atoms with E-state index in [1.54, 1.807) is 0 Å². The summed E-state index contributed by atoms with van der Waals surface area (Å²) in [4.78, 5) is 2.49. The molecule has 2 aromatic rings. The SMILES string of the molecule is C[C@]12CN(Cc3ccccc3)CC1c1ccc(Br)c(Cl)c1CO2. The van der Waals surface area contributed by atoms with Gasteiger partial charge in [0, 0.05) is 35.6 Å². The smallest absolute Gasteiger partial charge is 0.0866 e. The van der Waals surface area contributed by atoms with Crippen molar-refractivity contribution in [2.75, 3.05) is 13.1 Å². The maximum absolute atomic E-state index is 6.47. The van der Waals surface area contributed by atoms with Crippen LogP contribution in [0, 0.1) is 0 Å². The van der Waals surface area contributed by atoms with Gasteiger partial charge in [-0.15, -0.1) is 0 Å². The van der Waals surface area contributed by atoms with Crippen molar-refractivity contribution >= 4 is 27.5 Å². The lowest BCUT2D eigenvalue weighted by Crippen LogP contribution is -2.40. The van der Waals surface area contributed by atoms with E-state index in [1.807, 2.05) is 0 Å². The molecule has 2 aromatic carbocycles. The van der Waals surface area contributed by atoms with Gasteiger partial charge in [-0.05, 0) is 40.0 Å². The largest absolute Gasteiger partial charge is 0.369 e. The lowest BCUT2D eigenvalue weighted by atomic mass is 9.81. The number of fused-ring (bicyclic) bond motifs is 3. The normalized spacial score (nSPS) is 26.8. The maximum atomic E-state index is 6.47. The van der Waals surface area contributed by atoms with Crippen molar-refractivity contribution in [1.29, 1.82) is 0 Å². The van der Waals surface area contributed by atoms with Crippen LogP contribution in [0.1, 0.15) is 29.5 Å². The Morgan fingerprint density at radius 3 is 2.83 bits per heavy atom. The summed E-state index contributed by atoms with van der Waals surface area (Å²) in [5.74, 6) is 0.376. The zero-order chi connectivity index (χ0) is 16.0. The number of likely N-dealkylation sites (tertiary alicyclic amines) is 1. The van der Waals surface area contributed by atoms with E-state index in [9.17, 15) is 0 Å². The predicted molar refractivity (Wildman–Crippen MR) is 96.8 cm³/mol. The highest BCUT2D eigenvalue weighted by atomic mass is 79.9. The zero-order valence-electron chi connectivity index (χ0n) is 13.1. The highest BCUT2D eigenvalue weighted by Crippen LogP contribution is 2.47. The standard InChI is InChI=1S/C19H19BrClNO/c1-19-12-22(9-13-5-3-2-4-6-13)10-16(19)14-7-8-17(20)18(21)15(14)11-23-19/h2-8,16H,9-12H2,1H3/t16?,19-/m0/s1. The van der Waals surface area contributed by atoms with Crippen LogP contribution in [-0.2, 0) is 17.9 Å². The lowest BCUT2D eigenvalue weighted by molar-refractivity contribution is -0.0567. The third-order valence-corrected chi connectivity index (χ3v) is 6.44. The van der Waals surface area contributed by atoms with E-state index in [4.69, 9.17) is 16.3 Å². The number of halogens is 2. The molecule has 0 spiro atoms. The number of ether oxygens (including phenoxy) is 1. The Morgan fingerprint density at radius 1 is 1.26 bits per heavy atom.